The van der Waals surface area contributed by atoms with Crippen LogP contribution in [0.3, 0.4) is 0 Å². The van der Waals surface area contributed by atoms with Crippen molar-refractivity contribution in [2.24, 2.45) is 5.41 Å². The Kier molecular flexibility index (Phi) is 2.40. The smallest absolute Gasteiger partial charge is 0.105 e. The van der Waals surface area contributed by atoms with Crippen LogP contribution in [0.5, 0.6) is 0 Å². The molecule has 2 aliphatic rings. The van der Waals surface area contributed by atoms with Gasteiger partial charge in [0.2, 0.25) is 0 Å². The molecule has 0 saturated heterocycles. The van der Waals surface area contributed by atoms with Crippen LogP contribution in [0.25, 0.3) is 0 Å². The maximum atomic E-state index is 6.35. The van der Waals surface area contributed by atoms with Gasteiger partial charge in [0.05, 0.1) is 5.60 Å². The van der Waals surface area contributed by atoms with Crippen LogP contribution in [0, 0.1) is 5.41 Å². The van der Waals surface area contributed by atoms with E-state index >= 15 is 0 Å². The first kappa shape index (κ1) is 11.9. The van der Waals surface area contributed by atoms with Crippen molar-refractivity contribution in [2.75, 3.05) is 0 Å². The fourth-order valence-electron chi connectivity index (χ4n) is 3.29. The fraction of sp³-hybridized carbons (Fsp3) is 0.733. The number of rotatable bonds is 1. The maximum Gasteiger partial charge on any atom is 0.105 e. The van der Waals surface area contributed by atoms with Gasteiger partial charge in [0, 0.05) is 0 Å². The molecule has 2 rings (SSSR count). The molecule has 1 saturated carbocycles. The van der Waals surface area contributed by atoms with Gasteiger partial charge in [-0.15, -0.1) is 0 Å². The molecule has 0 aromatic rings. The summed E-state index contributed by atoms with van der Waals surface area (Å²) in [4.78, 5) is 0. The highest BCUT2D eigenvalue weighted by atomic mass is 16.5. The Hall–Kier alpha value is -0.560. The molecule has 2 atom stereocenters. The monoisotopic (exact) mass is 220 g/mol. The minimum absolute atomic E-state index is 0.0601. The fourth-order valence-corrected chi connectivity index (χ4v) is 3.29. The zero-order valence-electron chi connectivity index (χ0n) is 11.3. The molecule has 16 heavy (non-hydrogen) atoms. The van der Waals surface area contributed by atoms with Crippen molar-refractivity contribution in [3.05, 3.63) is 23.8 Å². The zero-order chi connectivity index (χ0) is 12.2. The van der Waals surface area contributed by atoms with E-state index in [9.17, 15) is 0 Å². The molecule has 2 unspecified atom stereocenters. The predicted octanol–water partition coefficient (Wildman–Crippen LogP) is 4.25. The third-order valence-electron chi connectivity index (χ3n) is 4.46. The van der Waals surface area contributed by atoms with Gasteiger partial charge in [0.25, 0.3) is 0 Å². The normalized spacial score (nSPS) is 41.4. The Morgan fingerprint density at radius 1 is 1.25 bits per heavy atom. The zero-order valence-corrected chi connectivity index (χ0v) is 11.3. The van der Waals surface area contributed by atoms with Gasteiger partial charge in [-0.3, -0.25) is 0 Å². The number of fused-ring (bicyclic) bond motifs is 1. The van der Waals surface area contributed by atoms with Gasteiger partial charge in [-0.25, -0.2) is 0 Å². The molecule has 1 nitrogen and oxygen atoms in total. The standard InChI is InChI=1S/C15H24O/c1-11(2)15(6)10-12-13(3,4)8-7-9-14(12,5)16-15/h10H,1,7-9H2,2-6H3. The molecule has 0 N–H and O–H groups in total. The second-order valence-electron chi connectivity index (χ2n) is 6.52. The summed E-state index contributed by atoms with van der Waals surface area (Å²) in [7, 11) is 0. The number of hydrogen-bond acceptors (Lipinski definition) is 1. The molecule has 1 heteroatoms. The van der Waals surface area contributed by atoms with E-state index in [2.05, 4.69) is 47.3 Å². The Balaban J connectivity index is 2.46. The Labute approximate surface area is 99.6 Å². The predicted molar refractivity (Wildman–Crippen MR) is 68.4 cm³/mol. The van der Waals surface area contributed by atoms with E-state index in [0.717, 1.165) is 12.0 Å². The molecular formula is C15H24O. The van der Waals surface area contributed by atoms with Crippen molar-refractivity contribution >= 4 is 0 Å². The highest BCUT2D eigenvalue weighted by molar-refractivity contribution is 5.38. The lowest BCUT2D eigenvalue weighted by molar-refractivity contribution is -0.0743. The van der Waals surface area contributed by atoms with E-state index in [1.165, 1.54) is 18.4 Å². The highest BCUT2D eigenvalue weighted by Gasteiger charge is 2.51. The molecule has 0 bridgehead atoms. The van der Waals surface area contributed by atoms with E-state index in [4.69, 9.17) is 4.74 Å². The molecule has 0 radical (unpaired) electrons. The third kappa shape index (κ3) is 1.57. The summed E-state index contributed by atoms with van der Waals surface area (Å²) in [6.07, 6.45) is 6.00. The van der Waals surface area contributed by atoms with E-state index in [0.29, 0.717) is 0 Å². The molecule has 0 aromatic carbocycles. The second kappa shape index (κ2) is 3.22. The quantitative estimate of drug-likeness (QED) is 0.600. The summed E-state index contributed by atoms with van der Waals surface area (Å²) in [6, 6.07) is 0. The van der Waals surface area contributed by atoms with E-state index in [-0.39, 0.29) is 16.6 Å². The number of ether oxygens (including phenoxy) is 1. The van der Waals surface area contributed by atoms with Gasteiger partial charge in [0.15, 0.2) is 0 Å². The molecule has 0 spiro atoms. The van der Waals surface area contributed by atoms with Gasteiger partial charge in [-0.2, -0.15) is 0 Å². The van der Waals surface area contributed by atoms with Crippen molar-refractivity contribution in [1.82, 2.24) is 0 Å². The molecule has 1 fully saturated rings. The summed E-state index contributed by atoms with van der Waals surface area (Å²) in [5.41, 5.74) is 2.55. The van der Waals surface area contributed by atoms with Gasteiger partial charge in [-0.1, -0.05) is 20.4 Å². The molecule has 1 aliphatic carbocycles. The summed E-state index contributed by atoms with van der Waals surface area (Å²) in [5, 5.41) is 0. The van der Waals surface area contributed by atoms with E-state index in [1.54, 1.807) is 0 Å². The first-order valence-electron chi connectivity index (χ1n) is 6.30. The Morgan fingerprint density at radius 2 is 1.88 bits per heavy atom. The van der Waals surface area contributed by atoms with Crippen molar-refractivity contribution in [3.63, 3.8) is 0 Å². The van der Waals surface area contributed by atoms with Gasteiger partial charge in [0.1, 0.15) is 5.60 Å². The molecular weight excluding hydrogens is 196 g/mol. The second-order valence-corrected chi connectivity index (χ2v) is 6.52. The van der Waals surface area contributed by atoms with Gasteiger partial charge < -0.3 is 4.74 Å². The van der Waals surface area contributed by atoms with Crippen LogP contribution in [-0.2, 0) is 4.74 Å². The summed E-state index contributed by atoms with van der Waals surface area (Å²) in [5.74, 6) is 0. The van der Waals surface area contributed by atoms with Crippen LogP contribution in [0.2, 0.25) is 0 Å². The van der Waals surface area contributed by atoms with Crippen LogP contribution < -0.4 is 0 Å². The third-order valence-corrected chi connectivity index (χ3v) is 4.46. The highest BCUT2D eigenvalue weighted by Crippen LogP contribution is 2.54. The summed E-state index contributed by atoms with van der Waals surface area (Å²) < 4.78 is 6.35. The Morgan fingerprint density at radius 3 is 2.38 bits per heavy atom. The Bertz CT molecular complexity index is 364. The van der Waals surface area contributed by atoms with Crippen LogP contribution in [0.1, 0.15) is 53.9 Å². The van der Waals surface area contributed by atoms with Crippen molar-refractivity contribution in [1.29, 1.82) is 0 Å². The average Bonchev–Trinajstić information content (AvgIpc) is 2.39. The van der Waals surface area contributed by atoms with Crippen molar-refractivity contribution < 1.29 is 4.74 Å². The van der Waals surface area contributed by atoms with Crippen molar-refractivity contribution in [3.8, 4) is 0 Å². The first-order valence-corrected chi connectivity index (χ1v) is 6.30. The van der Waals surface area contributed by atoms with Crippen LogP contribution in [0.15, 0.2) is 23.8 Å². The lowest BCUT2D eigenvalue weighted by atomic mass is 9.66. The minimum Gasteiger partial charge on any atom is -0.356 e. The lowest BCUT2D eigenvalue weighted by Gasteiger charge is -2.43. The average molecular weight is 220 g/mol. The first-order chi connectivity index (χ1) is 7.20. The lowest BCUT2D eigenvalue weighted by Crippen LogP contribution is -2.41. The molecule has 1 heterocycles. The molecule has 1 aliphatic heterocycles. The van der Waals surface area contributed by atoms with Crippen LogP contribution in [0.4, 0.5) is 0 Å². The van der Waals surface area contributed by atoms with E-state index < -0.39 is 0 Å². The van der Waals surface area contributed by atoms with Gasteiger partial charge >= 0.3 is 0 Å². The van der Waals surface area contributed by atoms with Crippen molar-refractivity contribution in [2.45, 2.75) is 65.1 Å². The molecule has 0 aromatic heterocycles. The largest absolute Gasteiger partial charge is 0.356 e. The molecule has 90 valence electrons. The van der Waals surface area contributed by atoms with Crippen LogP contribution >= 0.6 is 0 Å². The topological polar surface area (TPSA) is 9.23 Å². The summed E-state index contributed by atoms with van der Waals surface area (Å²) >= 11 is 0. The van der Waals surface area contributed by atoms with Gasteiger partial charge in [-0.05, 0) is 62.7 Å². The number of hydrogen-bond donors (Lipinski definition) is 0. The molecule has 0 amide bonds. The maximum absolute atomic E-state index is 6.35. The minimum atomic E-state index is -0.258. The van der Waals surface area contributed by atoms with E-state index in [1.807, 2.05) is 0 Å². The SMILES string of the molecule is C=C(C)C1(C)C=C2C(C)(C)CCCC2(C)O1. The van der Waals surface area contributed by atoms with Crippen LogP contribution in [-0.4, -0.2) is 11.2 Å². The summed E-state index contributed by atoms with van der Waals surface area (Å²) in [6.45, 7) is 15.2.